The summed E-state index contributed by atoms with van der Waals surface area (Å²) in [6.45, 7) is 9.53. The maximum absolute atomic E-state index is 2.42. The van der Waals surface area contributed by atoms with Crippen LogP contribution in [0.25, 0.3) is 11.1 Å². The molecule has 2 aliphatic carbocycles. The molecule has 2 atom stereocenters. The molecule has 0 N–H and O–H groups in total. The monoisotopic (exact) mass is 458 g/mol. The van der Waals surface area contributed by atoms with Gasteiger partial charge in [-0.1, -0.05) is 0 Å². The van der Waals surface area contributed by atoms with Gasteiger partial charge in [-0.2, -0.15) is 0 Å². The SMILES string of the molecule is CC1=C(C)[CH]2[Zr+2][CH]3C(C)=C(C)c4c(cccc43)Cc3cccc2c31.[Cl-].[Cl-]. The van der Waals surface area contributed by atoms with Crippen LogP contribution in [0.3, 0.4) is 0 Å². The molecule has 2 unspecified atom stereocenters. The third-order valence-electron chi connectivity index (χ3n) is 6.50. The van der Waals surface area contributed by atoms with E-state index < -0.39 is 23.2 Å². The van der Waals surface area contributed by atoms with E-state index in [1.165, 1.54) is 11.1 Å². The molecule has 0 fully saturated rings. The molecule has 0 amide bonds. The van der Waals surface area contributed by atoms with Crippen LogP contribution in [-0.2, 0) is 29.7 Å². The molecular formula is C23H22Cl2Zr. The largest absolute Gasteiger partial charge is 1.00 e. The molecule has 0 spiro atoms. The Morgan fingerprint density at radius 3 is 1.54 bits per heavy atom. The number of hydrogen-bond acceptors (Lipinski definition) is 0. The zero-order chi connectivity index (χ0) is 16.6. The minimum absolute atomic E-state index is 0. The van der Waals surface area contributed by atoms with Crippen LogP contribution in [0.1, 0.15) is 68.3 Å². The number of halogens is 2. The fourth-order valence-electron chi connectivity index (χ4n) is 5.03. The molecule has 3 aliphatic rings. The zero-order valence-corrected chi connectivity index (χ0v) is 19.6. The molecule has 0 saturated carbocycles. The van der Waals surface area contributed by atoms with Crippen molar-refractivity contribution in [2.75, 3.05) is 0 Å². The van der Waals surface area contributed by atoms with Gasteiger partial charge >= 0.3 is 157 Å². The fraction of sp³-hybridized carbons (Fsp3) is 0.304. The summed E-state index contributed by atoms with van der Waals surface area (Å²) in [5.41, 5.74) is 16.0. The van der Waals surface area contributed by atoms with Crippen molar-refractivity contribution < 1.29 is 48.0 Å². The maximum atomic E-state index is 2.42. The van der Waals surface area contributed by atoms with Gasteiger partial charge in [0.15, 0.2) is 0 Å². The number of rotatable bonds is 0. The Balaban J connectivity index is 0.000000980. The minimum atomic E-state index is -0.661. The van der Waals surface area contributed by atoms with Gasteiger partial charge in [0.05, 0.1) is 0 Å². The van der Waals surface area contributed by atoms with Crippen LogP contribution < -0.4 is 24.8 Å². The first-order chi connectivity index (χ1) is 11.6. The summed E-state index contributed by atoms with van der Waals surface area (Å²) >= 11 is -0.661. The Bertz CT molecular complexity index is 891. The number of hydrogen-bond donors (Lipinski definition) is 0. The van der Waals surface area contributed by atoms with Crippen LogP contribution in [0.4, 0.5) is 0 Å². The average molecular weight is 461 g/mol. The minimum Gasteiger partial charge on any atom is -1.00 e. The molecule has 2 aromatic carbocycles. The Morgan fingerprint density at radius 2 is 1.12 bits per heavy atom. The molecule has 26 heavy (non-hydrogen) atoms. The van der Waals surface area contributed by atoms with Crippen LogP contribution in [-0.4, -0.2) is 0 Å². The third kappa shape index (κ3) is 2.58. The van der Waals surface area contributed by atoms with E-state index >= 15 is 0 Å². The van der Waals surface area contributed by atoms with Crippen molar-refractivity contribution in [1.29, 1.82) is 0 Å². The van der Waals surface area contributed by atoms with Crippen molar-refractivity contribution in [3.05, 3.63) is 80.9 Å². The van der Waals surface area contributed by atoms with Crippen molar-refractivity contribution in [2.45, 2.75) is 41.4 Å². The summed E-state index contributed by atoms with van der Waals surface area (Å²) in [5.74, 6) is 0. The Hall–Kier alpha value is -0.617. The van der Waals surface area contributed by atoms with E-state index in [0.29, 0.717) is 0 Å². The van der Waals surface area contributed by atoms with Crippen molar-refractivity contribution in [2.24, 2.45) is 0 Å². The molecule has 0 aromatic heterocycles. The molecule has 5 rings (SSSR count). The van der Waals surface area contributed by atoms with E-state index in [2.05, 4.69) is 64.1 Å². The summed E-state index contributed by atoms with van der Waals surface area (Å²) in [5, 5.41) is 0. The normalized spacial score (nSPS) is 21.5. The fourth-order valence-corrected chi connectivity index (χ4v) is 10.2. The van der Waals surface area contributed by atoms with Gasteiger partial charge in [-0.15, -0.1) is 0 Å². The first kappa shape index (κ1) is 20.1. The number of allylic oxidation sites excluding steroid dienone is 4. The van der Waals surface area contributed by atoms with E-state index in [4.69, 9.17) is 0 Å². The molecule has 0 radical (unpaired) electrons. The van der Waals surface area contributed by atoms with Crippen molar-refractivity contribution in [3.8, 4) is 0 Å². The topological polar surface area (TPSA) is 0 Å². The predicted molar refractivity (Wildman–Crippen MR) is 97.7 cm³/mol. The van der Waals surface area contributed by atoms with Gasteiger partial charge in [0, 0.05) is 0 Å². The van der Waals surface area contributed by atoms with E-state index in [9.17, 15) is 0 Å². The van der Waals surface area contributed by atoms with Crippen LogP contribution in [0.15, 0.2) is 47.5 Å². The third-order valence-corrected chi connectivity index (χ3v) is 11.8. The standard InChI is InChI=1S/C23H22.2ClH.Zr/c1-14-11-18-7-5-9-20(22(18)16(14)3)13-21-10-6-8-19-12-15(2)17(4)23(19)21;;;/h5-12H,13H2,1-4H3;2*1H;/q;;;+2/p-2. The van der Waals surface area contributed by atoms with Crippen LogP contribution in [0, 0.1) is 0 Å². The maximum Gasteiger partial charge on any atom is -1.00 e. The van der Waals surface area contributed by atoms with E-state index in [0.717, 1.165) is 13.7 Å². The van der Waals surface area contributed by atoms with Gasteiger partial charge in [0.25, 0.3) is 0 Å². The second kappa shape index (κ2) is 7.08. The summed E-state index contributed by atoms with van der Waals surface area (Å²) in [6.07, 6.45) is 1.08. The molecule has 132 valence electrons. The van der Waals surface area contributed by atoms with Gasteiger partial charge < -0.3 is 24.8 Å². The van der Waals surface area contributed by atoms with E-state index in [1.54, 1.807) is 44.5 Å². The molecule has 8 bridgehead atoms. The summed E-state index contributed by atoms with van der Waals surface area (Å²) in [7, 11) is 0. The van der Waals surface area contributed by atoms with Crippen LogP contribution in [0.2, 0.25) is 0 Å². The first-order valence-corrected chi connectivity index (χ1v) is 11.8. The molecule has 0 nitrogen and oxygen atoms in total. The molecular weight excluding hydrogens is 438 g/mol. The van der Waals surface area contributed by atoms with Crippen molar-refractivity contribution in [1.82, 2.24) is 0 Å². The Morgan fingerprint density at radius 1 is 0.692 bits per heavy atom. The average Bonchev–Trinajstić information content (AvgIpc) is 2.96. The number of benzene rings is 2. The summed E-state index contributed by atoms with van der Waals surface area (Å²) < 4.78 is 1.51. The molecule has 0 saturated heterocycles. The summed E-state index contributed by atoms with van der Waals surface area (Å²) in [4.78, 5) is 0. The van der Waals surface area contributed by atoms with Gasteiger partial charge in [-0.3, -0.25) is 0 Å². The van der Waals surface area contributed by atoms with Gasteiger partial charge in [-0.05, 0) is 0 Å². The summed E-state index contributed by atoms with van der Waals surface area (Å²) in [6, 6.07) is 14.2. The van der Waals surface area contributed by atoms with Crippen molar-refractivity contribution in [3.63, 3.8) is 0 Å². The predicted octanol–water partition coefficient (Wildman–Crippen LogP) is 0.0777. The molecule has 1 heterocycles. The van der Waals surface area contributed by atoms with E-state index in [1.807, 2.05) is 0 Å². The quantitative estimate of drug-likeness (QED) is 0.523. The second-order valence-corrected chi connectivity index (χ2v) is 11.2. The molecule has 3 heteroatoms. The first-order valence-electron chi connectivity index (χ1n) is 8.93. The Labute approximate surface area is 180 Å². The second-order valence-electron chi connectivity index (χ2n) is 7.59. The molecule has 2 aromatic rings. The Kier molecular flexibility index (Phi) is 5.48. The smallest absolute Gasteiger partial charge is 1.00 e. The van der Waals surface area contributed by atoms with E-state index in [-0.39, 0.29) is 24.8 Å². The van der Waals surface area contributed by atoms with Gasteiger partial charge in [-0.25, -0.2) is 0 Å². The van der Waals surface area contributed by atoms with Gasteiger partial charge in [0.1, 0.15) is 0 Å². The molecule has 1 aliphatic heterocycles. The zero-order valence-electron chi connectivity index (χ0n) is 15.6. The van der Waals surface area contributed by atoms with Crippen LogP contribution in [0.5, 0.6) is 0 Å². The van der Waals surface area contributed by atoms with Crippen LogP contribution >= 0.6 is 0 Å². The van der Waals surface area contributed by atoms with Gasteiger partial charge in [0.2, 0.25) is 0 Å². The van der Waals surface area contributed by atoms with Crippen molar-refractivity contribution >= 4 is 11.1 Å².